The fraction of sp³-hybridized carbons (Fsp3) is 0. The van der Waals surface area contributed by atoms with Gasteiger partial charge >= 0.3 is 0 Å². The Hall–Kier alpha value is -2.40. The average Bonchev–Trinajstić information content (AvgIpc) is 3.13. The fourth-order valence-corrected chi connectivity index (χ4v) is 2.41. The van der Waals surface area contributed by atoms with Crippen LogP contribution in [0.4, 0.5) is 5.69 Å². The number of carbonyl (C=O) groups is 1. The Morgan fingerprint density at radius 2 is 2.11 bits per heavy atom. The second-order valence-electron chi connectivity index (χ2n) is 3.93. The summed E-state index contributed by atoms with van der Waals surface area (Å²) in [4.78, 5) is 12.1. The average molecular weight is 269 g/mol. The van der Waals surface area contributed by atoms with Crippen LogP contribution in [0.15, 0.2) is 59.6 Å². The molecule has 0 aliphatic carbocycles. The van der Waals surface area contributed by atoms with Gasteiger partial charge in [0.15, 0.2) is 0 Å². The van der Waals surface area contributed by atoms with Crippen LogP contribution in [-0.2, 0) is 0 Å². The zero-order chi connectivity index (χ0) is 13.1. The Morgan fingerprint density at radius 3 is 2.84 bits per heavy atom. The van der Waals surface area contributed by atoms with Crippen LogP contribution in [0.2, 0.25) is 0 Å². The van der Waals surface area contributed by atoms with E-state index in [1.807, 2.05) is 47.3 Å². The minimum Gasteiger partial charge on any atom is -0.320 e. The molecule has 4 nitrogen and oxygen atoms in total. The first-order chi connectivity index (χ1) is 9.34. The van der Waals surface area contributed by atoms with Crippen LogP contribution in [0.1, 0.15) is 10.4 Å². The Morgan fingerprint density at radius 1 is 1.21 bits per heavy atom. The topological polar surface area (TPSA) is 46.9 Å². The summed E-state index contributed by atoms with van der Waals surface area (Å²) in [6.45, 7) is 0. The van der Waals surface area contributed by atoms with Gasteiger partial charge in [0, 0.05) is 17.8 Å². The summed E-state index contributed by atoms with van der Waals surface area (Å²) in [7, 11) is 0. The standard InChI is InChI=1S/C14H11N3OS/c18-14(11-6-9-19-10-11)16-12-4-1-2-5-13(12)17-8-3-7-15-17/h1-10H,(H,16,18). The lowest BCUT2D eigenvalue weighted by Gasteiger charge is -2.10. The van der Waals surface area contributed by atoms with Crippen molar-refractivity contribution in [1.82, 2.24) is 9.78 Å². The molecule has 3 rings (SSSR count). The zero-order valence-electron chi connectivity index (χ0n) is 9.98. The molecule has 3 aromatic rings. The molecule has 0 spiro atoms. The molecule has 0 aliphatic rings. The molecule has 0 fully saturated rings. The van der Waals surface area contributed by atoms with E-state index < -0.39 is 0 Å². The van der Waals surface area contributed by atoms with Crippen molar-refractivity contribution in [2.45, 2.75) is 0 Å². The van der Waals surface area contributed by atoms with Crippen LogP contribution < -0.4 is 5.32 Å². The molecule has 2 aromatic heterocycles. The quantitative estimate of drug-likeness (QED) is 0.793. The van der Waals surface area contributed by atoms with E-state index in [1.165, 1.54) is 11.3 Å². The summed E-state index contributed by atoms with van der Waals surface area (Å²) in [6, 6.07) is 11.2. The molecule has 0 radical (unpaired) electrons. The van der Waals surface area contributed by atoms with E-state index in [-0.39, 0.29) is 5.91 Å². The maximum absolute atomic E-state index is 12.1. The van der Waals surface area contributed by atoms with Crippen molar-refractivity contribution in [2.75, 3.05) is 5.32 Å². The summed E-state index contributed by atoms with van der Waals surface area (Å²) >= 11 is 1.50. The fourth-order valence-electron chi connectivity index (χ4n) is 1.78. The smallest absolute Gasteiger partial charge is 0.256 e. The molecular weight excluding hydrogens is 258 g/mol. The highest BCUT2D eigenvalue weighted by Crippen LogP contribution is 2.20. The molecule has 0 aliphatic heterocycles. The molecule has 1 aromatic carbocycles. The molecule has 5 heteroatoms. The highest BCUT2D eigenvalue weighted by atomic mass is 32.1. The van der Waals surface area contributed by atoms with E-state index in [2.05, 4.69) is 10.4 Å². The Labute approximate surface area is 114 Å². The van der Waals surface area contributed by atoms with E-state index in [0.717, 1.165) is 11.4 Å². The van der Waals surface area contributed by atoms with Gasteiger partial charge in [0.2, 0.25) is 0 Å². The van der Waals surface area contributed by atoms with Crippen molar-refractivity contribution in [3.63, 3.8) is 0 Å². The SMILES string of the molecule is O=C(Nc1ccccc1-n1cccn1)c1ccsc1. The first-order valence-electron chi connectivity index (χ1n) is 5.77. The third kappa shape index (κ3) is 2.41. The minimum atomic E-state index is -0.110. The van der Waals surface area contributed by atoms with Crippen molar-refractivity contribution >= 4 is 22.9 Å². The minimum absolute atomic E-state index is 0.110. The van der Waals surface area contributed by atoms with Gasteiger partial charge < -0.3 is 5.32 Å². The summed E-state index contributed by atoms with van der Waals surface area (Å²) in [5, 5.41) is 10.8. The van der Waals surface area contributed by atoms with Gasteiger partial charge in [-0.2, -0.15) is 16.4 Å². The van der Waals surface area contributed by atoms with Crippen LogP contribution in [0, 0.1) is 0 Å². The van der Waals surface area contributed by atoms with Crippen LogP contribution in [-0.4, -0.2) is 15.7 Å². The molecule has 0 saturated carbocycles. The number of carbonyl (C=O) groups excluding carboxylic acids is 1. The predicted octanol–water partition coefficient (Wildman–Crippen LogP) is 3.19. The van der Waals surface area contributed by atoms with E-state index in [9.17, 15) is 4.79 Å². The monoisotopic (exact) mass is 269 g/mol. The van der Waals surface area contributed by atoms with Crippen LogP contribution in [0.5, 0.6) is 0 Å². The van der Waals surface area contributed by atoms with E-state index in [0.29, 0.717) is 5.56 Å². The number of hydrogen-bond donors (Lipinski definition) is 1. The highest BCUT2D eigenvalue weighted by molar-refractivity contribution is 7.08. The Balaban J connectivity index is 1.92. The van der Waals surface area contributed by atoms with Crippen molar-refractivity contribution in [1.29, 1.82) is 0 Å². The van der Waals surface area contributed by atoms with Crippen molar-refractivity contribution < 1.29 is 4.79 Å². The van der Waals surface area contributed by atoms with Gasteiger partial charge in [0.05, 0.1) is 16.9 Å². The maximum Gasteiger partial charge on any atom is 0.256 e. The number of amides is 1. The summed E-state index contributed by atoms with van der Waals surface area (Å²) in [6.07, 6.45) is 3.55. The van der Waals surface area contributed by atoms with Crippen molar-refractivity contribution in [3.8, 4) is 5.69 Å². The molecule has 94 valence electrons. The molecule has 0 saturated heterocycles. The number of nitrogens with one attached hydrogen (secondary N) is 1. The first kappa shape index (κ1) is 11.7. The second kappa shape index (κ2) is 5.07. The number of rotatable bonds is 3. The van der Waals surface area contributed by atoms with Crippen molar-refractivity contribution in [2.24, 2.45) is 0 Å². The van der Waals surface area contributed by atoms with Gasteiger partial charge in [-0.3, -0.25) is 4.79 Å². The number of nitrogens with zero attached hydrogens (tertiary/aromatic N) is 2. The molecule has 0 unspecified atom stereocenters. The number of thiophene rings is 1. The molecule has 0 atom stereocenters. The molecule has 1 N–H and O–H groups in total. The lowest BCUT2D eigenvalue weighted by Crippen LogP contribution is -2.13. The normalized spacial score (nSPS) is 10.3. The second-order valence-corrected chi connectivity index (χ2v) is 4.71. The van der Waals surface area contributed by atoms with E-state index in [4.69, 9.17) is 0 Å². The first-order valence-corrected chi connectivity index (χ1v) is 6.71. The summed E-state index contributed by atoms with van der Waals surface area (Å²) in [5.41, 5.74) is 2.25. The lowest BCUT2D eigenvalue weighted by atomic mass is 10.2. The number of aromatic nitrogens is 2. The number of benzene rings is 1. The number of para-hydroxylation sites is 2. The molecular formula is C14H11N3OS. The van der Waals surface area contributed by atoms with Crippen LogP contribution >= 0.6 is 11.3 Å². The lowest BCUT2D eigenvalue weighted by molar-refractivity contribution is 0.102. The van der Waals surface area contributed by atoms with Gasteiger partial charge in [-0.05, 0) is 29.6 Å². The highest BCUT2D eigenvalue weighted by Gasteiger charge is 2.10. The zero-order valence-corrected chi connectivity index (χ0v) is 10.8. The van der Waals surface area contributed by atoms with Gasteiger partial charge in [-0.15, -0.1) is 0 Å². The van der Waals surface area contributed by atoms with Gasteiger partial charge in [0.1, 0.15) is 0 Å². The molecule has 19 heavy (non-hydrogen) atoms. The van der Waals surface area contributed by atoms with Crippen LogP contribution in [0.3, 0.4) is 0 Å². The largest absolute Gasteiger partial charge is 0.320 e. The third-order valence-electron chi connectivity index (χ3n) is 2.69. The van der Waals surface area contributed by atoms with Gasteiger partial charge in [-0.25, -0.2) is 4.68 Å². The summed E-state index contributed by atoms with van der Waals surface area (Å²) in [5.74, 6) is -0.110. The van der Waals surface area contributed by atoms with Gasteiger partial charge in [0.25, 0.3) is 5.91 Å². The maximum atomic E-state index is 12.1. The summed E-state index contributed by atoms with van der Waals surface area (Å²) < 4.78 is 1.73. The molecule has 2 heterocycles. The van der Waals surface area contributed by atoms with Gasteiger partial charge in [-0.1, -0.05) is 12.1 Å². The molecule has 0 bridgehead atoms. The van der Waals surface area contributed by atoms with Crippen LogP contribution in [0.25, 0.3) is 5.69 Å². The predicted molar refractivity (Wildman–Crippen MR) is 75.8 cm³/mol. The van der Waals surface area contributed by atoms with E-state index >= 15 is 0 Å². The Kier molecular flexibility index (Phi) is 3.12. The third-order valence-corrected chi connectivity index (χ3v) is 3.37. The van der Waals surface area contributed by atoms with E-state index in [1.54, 1.807) is 16.9 Å². The van der Waals surface area contributed by atoms with Crippen molar-refractivity contribution in [3.05, 3.63) is 65.1 Å². The number of hydrogen-bond acceptors (Lipinski definition) is 3. The Bertz CT molecular complexity index is 675. The molecule has 1 amide bonds. The number of anilines is 1.